The van der Waals surface area contributed by atoms with Crippen molar-refractivity contribution in [2.75, 3.05) is 5.88 Å². The monoisotopic (exact) mass is 328 g/mol. The zero-order valence-electron chi connectivity index (χ0n) is 13.7. The molecule has 0 spiro atoms. The Morgan fingerprint density at radius 3 is 2.48 bits per heavy atom. The van der Waals surface area contributed by atoms with Gasteiger partial charge in [0, 0.05) is 16.7 Å². The number of nitrogens with zero attached hydrogens (tertiary/aromatic N) is 2. The number of fused-ring (bicyclic) bond motifs is 1. The molecule has 120 valence electrons. The van der Waals surface area contributed by atoms with Crippen molar-refractivity contribution in [3.05, 3.63) is 59.3 Å². The third kappa shape index (κ3) is 2.81. The lowest BCUT2D eigenvalue weighted by Gasteiger charge is -2.27. The van der Waals surface area contributed by atoms with Crippen molar-refractivity contribution in [1.29, 1.82) is 0 Å². The number of aryl methyl sites for hydroxylation is 2. The fraction of sp³-hybridized carbons (Fsp3) is 0.316. The maximum atomic E-state index is 9.51. The summed E-state index contributed by atoms with van der Waals surface area (Å²) in [5.41, 5.74) is 4.60. The summed E-state index contributed by atoms with van der Waals surface area (Å²) in [6.45, 7) is 7.23. The molecule has 4 heteroatoms. The molecule has 0 aliphatic carbocycles. The first kappa shape index (κ1) is 15.9. The van der Waals surface area contributed by atoms with Crippen LogP contribution in [0, 0.1) is 6.92 Å². The van der Waals surface area contributed by atoms with Gasteiger partial charge in [0.2, 0.25) is 0 Å². The minimum atomic E-state index is -0.152. The molecule has 0 radical (unpaired) electrons. The quantitative estimate of drug-likeness (QED) is 0.710. The zero-order chi connectivity index (χ0) is 16.6. The van der Waals surface area contributed by atoms with Crippen LogP contribution < -0.4 is 0 Å². The Kier molecular flexibility index (Phi) is 4.07. The van der Waals surface area contributed by atoms with Crippen molar-refractivity contribution in [3.8, 4) is 5.75 Å². The van der Waals surface area contributed by atoms with Gasteiger partial charge in [-0.05, 0) is 41.8 Å². The summed E-state index contributed by atoms with van der Waals surface area (Å²) in [7, 11) is 0. The molecule has 3 aromatic rings. The maximum Gasteiger partial charge on any atom is 0.115 e. The van der Waals surface area contributed by atoms with Gasteiger partial charge in [-0.15, -0.1) is 11.6 Å². The summed E-state index contributed by atoms with van der Waals surface area (Å²) in [5.74, 6) is 0.843. The molecule has 0 saturated carbocycles. The predicted octanol–water partition coefficient (Wildman–Crippen LogP) is 4.62. The number of rotatable bonds is 4. The van der Waals surface area contributed by atoms with Crippen molar-refractivity contribution < 1.29 is 5.11 Å². The highest BCUT2D eigenvalue weighted by Gasteiger charge is 2.24. The van der Waals surface area contributed by atoms with E-state index in [1.807, 2.05) is 23.0 Å². The summed E-state index contributed by atoms with van der Waals surface area (Å²) in [6, 6.07) is 11.9. The number of halogens is 1. The summed E-state index contributed by atoms with van der Waals surface area (Å²) < 4.78 is 1.97. The molecule has 0 fully saturated rings. The van der Waals surface area contributed by atoms with Crippen molar-refractivity contribution in [1.82, 2.24) is 9.78 Å². The highest BCUT2D eigenvalue weighted by Crippen LogP contribution is 2.35. The van der Waals surface area contributed by atoms with E-state index in [1.165, 1.54) is 16.7 Å². The molecule has 0 atom stereocenters. The van der Waals surface area contributed by atoms with Gasteiger partial charge in [-0.1, -0.05) is 32.0 Å². The summed E-state index contributed by atoms with van der Waals surface area (Å²) in [6.07, 6.45) is 1.91. The van der Waals surface area contributed by atoms with Crippen LogP contribution in [0.4, 0.5) is 0 Å². The minimum absolute atomic E-state index is 0.152. The Balaban J connectivity index is 2.10. The normalized spacial score (nSPS) is 12.0. The highest BCUT2D eigenvalue weighted by atomic mass is 35.5. The van der Waals surface area contributed by atoms with E-state index >= 15 is 0 Å². The first-order chi connectivity index (χ1) is 10.9. The largest absolute Gasteiger partial charge is 0.508 e. The molecule has 1 heterocycles. The number of benzene rings is 2. The predicted molar refractivity (Wildman–Crippen MR) is 95.4 cm³/mol. The van der Waals surface area contributed by atoms with Crippen LogP contribution >= 0.6 is 11.6 Å². The molecule has 0 saturated heterocycles. The molecule has 0 aliphatic heterocycles. The van der Waals surface area contributed by atoms with Crippen LogP contribution in [0.5, 0.6) is 5.75 Å². The summed E-state index contributed by atoms with van der Waals surface area (Å²) >= 11 is 5.86. The molecule has 23 heavy (non-hydrogen) atoms. The van der Waals surface area contributed by atoms with Crippen LogP contribution in [0.15, 0.2) is 42.6 Å². The Bertz CT molecular complexity index is 834. The van der Waals surface area contributed by atoms with E-state index < -0.39 is 0 Å². The van der Waals surface area contributed by atoms with Gasteiger partial charge in [0.05, 0.1) is 18.3 Å². The maximum absolute atomic E-state index is 9.51. The lowest BCUT2D eigenvalue weighted by molar-refractivity contribution is 0.474. The number of aromatic hydroxyl groups is 1. The number of hydrogen-bond acceptors (Lipinski definition) is 2. The lowest BCUT2D eigenvalue weighted by Crippen LogP contribution is -2.19. The SMILES string of the molecule is Cc1cc(C(C)(C)c2ccc(O)cc2)cc2cnn(CCCl)c12. The van der Waals surface area contributed by atoms with Crippen molar-refractivity contribution >= 4 is 22.5 Å². The molecule has 1 N–H and O–H groups in total. The van der Waals surface area contributed by atoms with E-state index in [9.17, 15) is 5.11 Å². The average Bonchev–Trinajstić information content (AvgIpc) is 2.92. The smallest absolute Gasteiger partial charge is 0.115 e. The third-order valence-electron chi connectivity index (χ3n) is 4.53. The molecular weight excluding hydrogens is 308 g/mol. The van der Waals surface area contributed by atoms with Crippen molar-refractivity contribution in [2.24, 2.45) is 0 Å². The van der Waals surface area contributed by atoms with Crippen LogP contribution in [0.1, 0.15) is 30.5 Å². The van der Waals surface area contributed by atoms with Crippen LogP contribution in [-0.4, -0.2) is 20.8 Å². The molecule has 0 aliphatic rings. The van der Waals surface area contributed by atoms with E-state index in [2.05, 4.69) is 38.0 Å². The molecule has 0 amide bonds. The Morgan fingerprint density at radius 1 is 1.13 bits per heavy atom. The van der Waals surface area contributed by atoms with E-state index in [0.29, 0.717) is 18.2 Å². The standard InChI is InChI=1S/C19H21ClN2O/c1-13-10-16(11-14-12-21-22(9-8-20)18(13)14)19(2,3)15-4-6-17(23)7-5-15/h4-7,10-12,23H,8-9H2,1-3H3. The van der Waals surface area contributed by atoms with Crippen LogP contribution in [0.2, 0.25) is 0 Å². The lowest BCUT2D eigenvalue weighted by atomic mass is 9.77. The first-order valence-corrected chi connectivity index (χ1v) is 8.29. The Hall–Kier alpha value is -2.00. The topological polar surface area (TPSA) is 38.1 Å². The molecule has 0 unspecified atom stereocenters. The van der Waals surface area contributed by atoms with Gasteiger partial charge in [-0.3, -0.25) is 4.68 Å². The Morgan fingerprint density at radius 2 is 1.83 bits per heavy atom. The van der Waals surface area contributed by atoms with Crippen molar-refractivity contribution in [3.63, 3.8) is 0 Å². The molecular formula is C19H21ClN2O. The molecule has 1 aromatic heterocycles. The van der Waals surface area contributed by atoms with Crippen LogP contribution in [-0.2, 0) is 12.0 Å². The second-order valence-corrected chi connectivity index (χ2v) is 6.84. The fourth-order valence-corrected chi connectivity index (χ4v) is 3.26. The van der Waals surface area contributed by atoms with E-state index in [0.717, 1.165) is 10.9 Å². The van der Waals surface area contributed by atoms with E-state index in [1.54, 1.807) is 12.1 Å². The van der Waals surface area contributed by atoms with Crippen molar-refractivity contribution in [2.45, 2.75) is 32.7 Å². The highest BCUT2D eigenvalue weighted by molar-refractivity contribution is 6.17. The Labute approximate surface area is 141 Å². The average molecular weight is 329 g/mol. The second kappa shape index (κ2) is 5.89. The third-order valence-corrected chi connectivity index (χ3v) is 4.70. The van der Waals surface area contributed by atoms with Gasteiger partial charge in [-0.2, -0.15) is 5.10 Å². The van der Waals surface area contributed by atoms with E-state index in [-0.39, 0.29) is 5.41 Å². The van der Waals surface area contributed by atoms with Gasteiger partial charge in [0.1, 0.15) is 5.75 Å². The van der Waals surface area contributed by atoms with Gasteiger partial charge in [-0.25, -0.2) is 0 Å². The van der Waals surface area contributed by atoms with Crippen LogP contribution in [0.25, 0.3) is 10.9 Å². The van der Waals surface area contributed by atoms with Gasteiger partial charge in [0.15, 0.2) is 0 Å². The molecule has 3 nitrogen and oxygen atoms in total. The zero-order valence-corrected chi connectivity index (χ0v) is 14.4. The first-order valence-electron chi connectivity index (χ1n) is 7.75. The fourth-order valence-electron chi connectivity index (χ4n) is 3.10. The van der Waals surface area contributed by atoms with Gasteiger partial charge < -0.3 is 5.11 Å². The number of alkyl halides is 1. The van der Waals surface area contributed by atoms with E-state index in [4.69, 9.17) is 11.6 Å². The minimum Gasteiger partial charge on any atom is -0.508 e. The summed E-state index contributed by atoms with van der Waals surface area (Å²) in [5, 5.41) is 15.1. The molecule has 3 rings (SSSR count). The van der Waals surface area contributed by atoms with Gasteiger partial charge >= 0.3 is 0 Å². The summed E-state index contributed by atoms with van der Waals surface area (Å²) in [4.78, 5) is 0. The van der Waals surface area contributed by atoms with Crippen LogP contribution in [0.3, 0.4) is 0 Å². The molecule has 2 aromatic carbocycles. The van der Waals surface area contributed by atoms with Gasteiger partial charge in [0.25, 0.3) is 0 Å². The molecule has 0 bridgehead atoms. The number of aromatic nitrogens is 2. The second-order valence-electron chi connectivity index (χ2n) is 6.46. The number of hydrogen-bond donors (Lipinski definition) is 1. The number of phenols is 1. The number of phenolic OH excluding ortho intramolecular Hbond substituents is 1.